The fraction of sp³-hybridized carbons (Fsp3) is 0.421. The third-order valence-electron chi connectivity index (χ3n) is 5.28. The molecule has 1 aromatic carbocycles. The van der Waals surface area contributed by atoms with Gasteiger partial charge in [-0.25, -0.2) is 9.18 Å². The van der Waals surface area contributed by atoms with Crippen molar-refractivity contribution < 1.29 is 14.0 Å². The third kappa shape index (κ3) is 3.57. The molecule has 2 aliphatic heterocycles. The van der Waals surface area contributed by atoms with Gasteiger partial charge in [0.15, 0.2) is 0 Å². The maximum absolute atomic E-state index is 13.6. The summed E-state index contributed by atoms with van der Waals surface area (Å²) in [6.07, 6.45) is 1.79. The van der Waals surface area contributed by atoms with Gasteiger partial charge in [0.25, 0.3) is 5.91 Å². The predicted molar refractivity (Wildman–Crippen MR) is 101 cm³/mol. The quantitative estimate of drug-likeness (QED) is 0.734. The Bertz CT molecular complexity index is 906. The van der Waals surface area contributed by atoms with Crippen molar-refractivity contribution >= 4 is 11.9 Å². The first-order valence-corrected chi connectivity index (χ1v) is 9.44. The number of nitrogens with two attached hydrogens (primary N) is 1. The summed E-state index contributed by atoms with van der Waals surface area (Å²) in [4.78, 5) is 26.5. The molecule has 2 aromatic rings. The second-order valence-corrected chi connectivity index (χ2v) is 7.16. The van der Waals surface area contributed by atoms with Gasteiger partial charge in [0.2, 0.25) is 0 Å². The number of carbonyl (C=O) groups is 2. The van der Waals surface area contributed by atoms with Gasteiger partial charge in [-0.05, 0) is 38.1 Å². The summed E-state index contributed by atoms with van der Waals surface area (Å²) in [6, 6.07) is 5.90. The monoisotopic (exact) mass is 386 g/mol. The van der Waals surface area contributed by atoms with E-state index in [4.69, 9.17) is 5.73 Å². The van der Waals surface area contributed by atoms with Gasteiger partial charge in [-0.2, -0.15) is 5.10 Å². The second-order valence-electron chi connectivity index (χ2n) is 7.16. The van der Waals surface area contributed by atoms with Crippen LogP contribution in [0.2, 0.25) is 0 Å². The van der Waals surface area contributed by atoms with E-state index in [2.05, 4.69) is 15.7 Å². The topological polar surface area (TPSA) is 105 Å². The number of primary amides is 1. The molecule has 1 fully saturated rings. The van der Waals surface area contributed by atoms with Crippen LogP contribution in [0.1, 0.15) is 28.9 Å². The van der Waals surface area contributed by atoms with Crippen LogP contribution in [0.25, 0.3) is 11.3 Å². The lowest BCUT2D eigenvalue weighted by atomic mass is 10.0. The Hall–Kier alpha value is -2.94. The van der Waals surface area contributed by atoms with Gasteiger partial charge in [-0.15, -0.1) is 0 Å². The van der Waals surface area contributed by atoms with Gasteiger partial charge in [-0.1, -0.05) is 12.1 Å². The van der Waals surface area contributed by atoms with Crippen molar-refractivity contribution in [2.75, 3.05) is 19.6 Å². The van der Waals surface area contributed by atoms with Gasteiger partial charge in [-0.3, -0.25) is 9.48 Å². The Balaban J connectivity index is 1.59. The number of urea groups is 1. The number of piperidine rings is 1. The molecule has 0 spiro atoms. The Morgan fingerprint density at radius 3 is 2.75 bits per heavy atom. The Morgan fingerprint density at radius 1 is 1.25 bits per heavy atom. The second kappa shape index (κ2) is 7.59. The van der Waals surface area contributed by atoms with Gasteiger partial charge in [0, 0.05) is 18.2 Å². The first kappa shape index (κ1) is 18.4. The molecule has 0 aliphatic carbocycles. The maximum atomic E-state index is 13.6. The lowest BCUT2D eigenvalue weighted by Crippen LogP contribution is -2.50. The van der Waals surface area contributed by atoms with Crippen LogP contribution in [0.4, 0.5) is 9.18 Å². The minimum Gasteiger partial charge on any atom is -0.365 e. The molecule has 0 bridgehead atoms. The highest BCUT2D eigenvalue weighted by Gasteiger charge is 2.30. The SMILES string of the molecule is NC(=O)c1c(-c2cccc(F)c2)nn2c1CN(C(=O)NC1CCNCC1)CC2. The molecule has 2 aliphatic rings. The highest BCUT2D eigenvalue weighted by molar-refractivity contribution is 6.00. The van der Waals surface area contributed by atoms with Crippen LogP contribution < -0.4 is 16.4 Å². The summed E-state index contributed by atoms with van der Waals surface area (Å²) in [6.45, 7) is 2.94. The molecular weight excluding hydrogens is 363 g/mol. The number of nitrogens with one attached hydrogen (secondary N) is 2. The van der Waals surface area contributed by atoms with Crippen molar-refractivity contribution in [1.82, 2.24) is 25.3 Å². The number of aromatic nitrogens is 2. The van der Waals surface area contributed by atoms with E-state index in [-0.39, 0.29) is 24.2 Å². The molecule has 1 saturated heterocycles. The van der Waals surface area contributed by atoms with E-state index < -0.39 is 11.7 Å². The molecule has 4 N–H and O–H groups in total. The van der Waals surface area contributed by atoms with Crippen LogP contribution in [0.15, 0.2) is 24.3 Å². The molecule has 8 nitrogen and oxygen atoms in total. The van der Waals surface area contributed by atoms with E-state index >= 15 is 0 Å². The molecule has 9 heteroatoms. The summed E-state index contributed by atoms with van der Waals surface area (Å²) in [5, 5.41) is 10.8. The molecule has 3 heterocycles. The fourth-order valence-corrected chi connectivity index (χ4v) is 3.82. The lowest BCUT2D eigenvalue weighted by Gasteiger charge is -2.31. The van der Waals surface area contributed by atoms with Crippen molar-refractivity contribution in [2.45, 2.75) is 32.0 Å². The molecule has 28 heavy (non-hydrogen) atoms. The normalized spacial score (nSPS) is 17.2. The first-order valence-electron chi connectivity index (χ1n) is 9.44. The van der Waals surface area contributed by atoms with E-state index in [9.17, 15) is 14.0 Å². The van der Waals surface area contributed by atoms with Crippen molar-refractivity contribution in [3.63, 3.8) is 0 Å². The van der Waals surface area contributed by atoms with Crippen molar-refractivity contribution in [1.29, 1.82) is 0 Å². The average molecular weight is 386 g/mol. The fourth-order valence-electron chi connectivity index (χ4n) is 3.82. The van der Waals surface area contributed by atoms with E-state index in [1.54, 1.807) is 21.7 Å². The highest BCUT2D eigenvalue weighted by atomic mass is 19.1. The summed E-state index contributed by atoms with van der Waals surface area (Å²) >= 11 is 0. The average Bonchev–Trinajstić information content (AvgIpc) is 3.07. The van der Waals surface area contributed by atoms with Crippen molar-refractivity contribution in [2.24, 2.45) is 5.73 Å². The van der Waals surface area contributed by atoms with Crippen LogP contribution in [0.3, 0.4) is 0 Å². The van der Waals surface area contributed by atoms with Crippen LogP contribution in [0.5, 0.6) is 0 Å². The third-order valence-corrected chi connectivity index (χ3v) is 5.28. The predicted octanol–water partition coefficient (Wildman–Crippen LogP) is 1.07. The first-order chi connectivity index (χ1) is 13.5. The molecule has 4 rings (SSSR count). The molecule has 148 valence electrons. The number of hydrogen-bond acceptors (Lipinski definition) is 4. The van der Waals surface area contributed by atoms with Gasteiger partial charge in [0.05, 0.1) is 24.3 Å². The summed E-state index contributed by atoms with van der Waals surface area (Å²) in [5.41, 5.74) is 7.28. The number of benzene rings is 1. The summed E-state index contributed by atoms with van der Waals surface area (Å²) in [5.74, 6) is -1.05. The molecular formula is C19H23FN6O2. The number of hydrogen-bond donors (Lipinski definition) is 3. The lowest BCUT2D eigenvalue weighted by molar-refractivity contribution is 0.0997. The number of amides is 3. The zero-order valence-electron chi connectivity index (χ0n) is 15.4. The zero-order chi connectivity index (χ0) is 19.7. The number of carbonyl (C=O) groups excluding carboxylic acids is 2. The van der Waals surface area contributed by atoms with E-state index in [1.165, 1.54) is 12.1 Å². The van der Waals surface area contributed by atoms with Gasteiger partial charge in [0.1, 0.15) is 11.5 Å². The number of rotatable bonds is 3. The molecule has 0 atom stereocenters. The zero-order valence-corrected chi connectivity index (χ0v) is 15.4. The minimum absolute atomic E-state index is 0.151. The smallest absolute Gasteiger partial charge is 0.318 e. The molecule has 0 radical (unpaired) electrons. The molecule has 0 saturated carbocycles. The van der Waals surface area contributed by atoms with E-state index in [0.29, 0.717) is 30.0 Å². The Kier molecular flexibility index (Phi) is 4.99. The summed E-state index contributed by atoms with van der Waals surface area (Å²) in [7, 11) is 0. The number of fused-ring (bicyclic) bond motifs is 1. The van der Waals surface area contributed by atoms with Crippen LogP contribution in [0, 0.1) is 5.82 Å². The molecule has 3 amide bonds. The molecule has 1 aromatic heterocycles. The number of nitrogens with zero attached hydrogens (tertiary/aromatic N) is 3. The van der Waals surface area contributed by atoms with E-state index in [1.807, 2.05) is 0 Å². The van der Waals surface area contributed by atoms with Crippen molar-refractivity contribution in [3.05, 3.63) is 41.3 Å². The van der Waals surface area contributed by atoms with E-state index in [0.717, 1.165) is 25.9 Å². The minimum atomic E-state index is -0.638. The standard InChI is InChI=1S/C19H23FN6O2/c20-13-3-1-2-12(10-13)17-16(18(21)27)15-11-25(8-9-26(15)24-17)19(28)23-14-4-6-22-7-5-14/h1-3,10,14,22H,4-9,11H2,(H2,21,27)(H,23,28). The van der Waals surface area contributed by atoms with Gasteiger partial charge >= 0.3 is 6.03 Å². The summed E-state index contributed by atoms with van der Waals surface area (Å²) < 4.78 is 15.3. The van der Waals surface area contributed by atoms with Crippen LogP contribution in [-0.4, -0.2) is 52.3 Å². The Morgan fingerprint density at radius 2 is 2.04 bits per heavy atom. The maximum Gasteiger partial charge on any atom is 0.318 e. The Labute approximate surface area is 161 Å². The van der Waals surface area contributed by atoms with Crippen LogP contribution in [-0.2, 0) is 13.1 Å². The highest BCUT2D eigenvalue weighted by Crippen LogP contribution is 2.28. The largest absolute Gasteiger partial charge is 0.365 e. The van der Waals surface area contributed by atoms with Gasteiger partial charge < -0.3 is 21.3 Å². The molecule has 0 unspecified atom stereocenters. The number of halogens is 1. The van der Waals surface area contributed by atoms with Crippen LogP contribution >= 0.6 is 0 Å². The van der Waals surface area contributed by atoms with Crippen molar-refractivity contribution in [3.8, 4) is 11.3 Å².